The van der Waals surface area contributed by atoms with Gasteiger partial charge in [0.25, 0.3) is 5.24 Å². The zero-order chi connectivity index (χ0) is 8.15. The summed E-state index contributed by atoms with van der Waals surface area (Å²) in [6.45, 7) is 2.95. The smallest absolute Gasteiger partial charge is 0.303 e. The Morgan fingerprint density at radius 2 is 2.10 bits per heavy atom. The molecule has 0 rings (SSSR count). The Balaban J connectivity index is 3.83. The monoisotopic (exact) mass is 164 g/mol. The molecule has 0 heterocycles. The molecular formula is C6H9ClO3. The number of hydrogen-bond donors (Lipinski definition) is 0. The molecule has 1 atom stereocenters. The van der Waals surface area contributed by atoms with E-state index in [4.69, 9.17) is 11.6 Å². The predicted molar refractivity (Wildman–Crippen MR) is 36.7 cm³/mol. The van der Waals surface area contributed by atoms with Gasteiger partial charge in [0.1, 0.15) is 0 Å². The summed E-state index contributed by atoms with van der Waals surface area (Å²) in [5.41, 5.74) is 0. The van der Waals surface area contributed by atoms with E-state index < -0.39 is 17.3 Å². The number of ether oxygens (including phenoxy) is 1. The van der Waals surface area contributed by atoms with E-state index in [9.17, 15) is 9.59 Å². The Kier molecular flexibility index (Phi) is 4.03. The van der Waals surface area contributed by atoms with E-state index in [-0.39, 0.29) is 0 Å². The quantitative estimate of drug-likeness (QED) is 0.463. The van der Waals surface area contributed by atoms with E-state index in [1.54, 1.807) is 6.92 Å². The molecule has 58 valence electrons. The van der Waals surface area contributed by atoms with Gasteiger partial charge < -0.3 is 4.74 Å². The zero-order valence-corrected chi connectivity index (χ0v) is 6.64. The van der Waals surface area contributed by atoms with Crippen LogP contribution in [0, 0.1) is 0 Å². The van der Waals surface area contributed by atoms with Crippen molar-refractivity contribution < 1.29 is 14.3 Å². The normalized spacial score (nSPS) is 12.3. The molecule has 0 aromatic rings. The summed E-state index contributed by atoms with van der Waals surface area (Å²) in [6, 6.07) is 0. The number of esters is 1. The summed E-state index contributed by atoms with van der Waals surface area (Å²) in [4.78, 5) is 20.7. The third-order valence-corrected chi connectivity index (χ3v) is 1.18. The van der Waals surface area contributed by atoms with Gasteiger partial charge in [0.2, 0.25) is 0 Å². The zero-order valence-electron chi connectivity index (χ0n) is 5.89. The van der Waals surface area contributed by atoms with E-state index in [0.717, 1.165) is 0 Å². The molecule has 0 aromatic carbocycles. The molecule has 0 bridgehead atoms. The van der Waals surface area contributed by atoms with Crippen molar-refractivity contribution in [2.24, 2.45) is 0 Å². The fourth-order valence-corrected chi connectivity index (χ4v) is 0.689. The molecule has 0 fully saturated rings. The van der Waals surface area contributed by atoms with Gasteiger partial charge in [-0.05, 0) is 18.0 Å². The van der Waals surface area contributed by atoms with Crippen molar-refractivity contribution in [2.45, 2.75) is 26.4 Å². The van der Waals surface area contributed by atoms with Crippen LogP contribution in [0.25, 0.3) is 0 Å². The van der Waals surface area contributed by atoms with Gasteiger partial charge in [-0.3, -0.25) is 9.59 Å². The Morgan fingerprint density at radius 1 is 1.60 bits per heavy atom. The second-order valence-corrected chi connectivity index (χ2v) is 2.18. The number of hydrogen-bond acceptors (Lipinski definition) is 3. The summed E-state index contributed by atoms with van der Waals surface area (Å²) < 4.78 is 4.54. The summed E-state index contributed by atoms with van der Waals surface area (Å²) in [5.74, 6) is -0.485. The molecule has 0 aliphatic heterocycles. The highest BCUT2D eigenvalue weighted by atomic mass is 35.5. The Labute approximate surface area is 64.3 Å². The lowest BCUT2D eigenvalue weighted by atomic mass is 10.3. The Bertz CT molecular complexity index is 144. The molecular weight excluding hydrogens is 156 g/mol. The maximum absolute atomic E-state index is 10.4. The molecule has 3 nitrogen and oxygen atoms in total. The van der Waals surface area contributed by atoms with Crippen LogP contribution < -0.4 is 0 Å². The van der Waals surface area contributed by atoms with E-state index in [1.807, 2.05) is 0 Å². The second-order valence-electron chi connectivity index (χ2n) is 1.81. The standard InChI is InChI=1S/C6H9ClO3/c1-3-5(6(7)9)10-4(2)8/h5H,3H2,1-2H3. The highest BCUT2D eigenvalue weighted by molar-refractivity contribution is 6.64. The van der Waals surface area contributed by atoms with Crippen LogP contribution in [-0.2, 0) is 14.3 Å². The maximum atomic E-state index is 10.4. The SMILES string of the molecule is CCC(OC(C)=O)C(=O)Cl. The molecule has 0 saturated heterocycles. The van der Waals surface area contributed by atoms with Crippen LogP contribution in [0.2, 0.25) is 0 Å². The fourth-order valence-electron chi connectivity index (χ4n) is 0.490. The van der Waals surface area contributed by atoms with Crippen molar-refractivity contribution in [3.05, 3.63) is 0 Å². The van der Waals surface area contributed by atoms with Gasteiger partial charge in [0.15, 0.2) is 6.10 Å². The third-order valence-electron chi connectivity index (χ3n) is 0.932. The van der Waals surface area contributed by atoms with E-state index in [0.29, 0.717) is 6.42 Å². The van der Waals surface area contributed by atoms with Gasteiger partial charge in [-0.25, -0.2) is 0 Å². The van der Waals surface area contributed by atoms with Crippen LogP contribution in [0.15, 0.2) is 0 Å². The first-order valence-electron chi connectivity index (χ1n) is 2.94. The lowest BCUT2D eigenvalue weighted by molar-refractivity contribution is -0.150. The van der Waals surface area contributed by atoms with Crippen molar-refractivity contribution >= 4 is 22.8 Å². The molecule has 0 radical (unpaired) electrons. The first kappa shape index (κ1) is 9.43. The van der Waals surface area contributed by atoms with Crippen LogP contribution >= 0.6 is 11.6 Å². The van der Waals surface area contributed by atoms with E-state index in [1.165, 1.54) is 6.92 Å². The first-order valence-corrected chi connectivity index (χ1v) is 3.32. The van der Waals surface area contributed by atoms with Crippen LogP contribution in [0.5, 0.6) is 0 Å². The number of carbonyl (C=O) groups excluding carboxylic acids is 2. The summed E-state index contributed by atoms with van der Waals surface area (Å²) >= 11 is 5.07. The van der Waals surface area contributed by atoms with E-state index >= 15 is 0 Å². The van der Waals surface area contributed by atoms with Gasteiger partial charge in [-0.2, -0.15) is 0 Å². The van der Waals surface area contributed by atoms with Crippen molar-refractivity contribution in [2.75, 3.05) is 0 Å². The highest BCUT2D eigenvalue weighted by Gasteiger charge is 2.15. The molecule has 1 unspecified atom stereocenters. The topological polar surface area (TPSA) is 43.4 Å². The molecule has 0 aromatic heterocycles. The first-order chi connectivity index (χ1) is 4.57. The molecule has 0 aliphatic carbocycles. The van der Waals surface area contributed by atoms with Gasteiger partial charge >= 0.3 is 5.97 Å². The molecule has 10 heavy (non-hydrogen) atoms. The third kappa shape index (κ3) is 3.45. The minimum atomic E-state index is -0.779. The van der Waals surface area contributed by atoms with Crippen LogP contribution in [0.4, 0.5) is 0 Å². The van der Waals surface area contributed by atoms with Crippen LogP contribution in [0.3, 0.4) is 0 Å². The minimum absolute atomic E-state index is 0.419. The lowest BCUT2D eigenvalue weighted by Gasteiger charge is -2.08. The molecule has 0 saturated carbocycles. The van der Waals surface area contributed by atoms with Crippen molar-refractivity contribution in [1.82, 2.24) is 0 Å². The van der Waals surface area contributed by atoms with Crippen LogP contribution in [-0.4, -0.2) is 17.3 Å². The van der Waals surface area contributed by atoms with Gasteiger partial charge in [0.05, 0.1) is 0 Å². The Hall–Kier alpha value is -0.570. The predicted octanol–water partition coefficient (Wildman–Crippen LogP) is 1.09. The second kappa shape index (κ2) is 4.28. The number of halogens is 1. The van der Waals surface area contributed by atoms with Gasteiger partial charge in [-0.15, -0.1) is 0 Å². The lowest BCUT2D eigenvalue weighted by Crippen LogP contribution is -2.21. The van der Waals surface area contributed by atoms with Gasteiger partial charge in [-0.1, -0.05) is 6.92 Å². The molecule has 4 heteroatoms. The number of rotatable bonds is 3. The van der Waals surface area contributed by atoms with Crippen molar-refractivity contribution in [1.29, 1.82) is 0 Å². The molecule has 0 N–H and O–H groups in total. The number of carbonyl (C=O) groups is 2. The maximum Gasteiger partial charge on any atom is 0.303 e. The summed E-state index contributed by atoms with van der Waals surface area (Å²) in [5, 5.41) is -0.627. The average molecular weight is 165 g/mol. The highest BCUT2D eigenvalue weighted by Crippen LogP contribution is 2.02. The largest absolute Gasteiger partial charge is 0.453 e. The van der Waals surface area contributed by atoms with Crippen molar-refractivity contribution in [3.63, 3.8) is 0 Å². The van der Waals surface area contributed by atoms with Crippen molar-refractivity contribution in [3.8, 4) is 0 Å². The average Bonchev–Trinajstić information content (AvgIpc) is 1.81. The van der Waals surface area contributed by atoms with Gasteiger partial charge in [0, 0.05) is 6.92 Å². The molecule has 0 spiro atoms. The molecule has 0 aliphatic rings. The van der Waals surface area contributed by atoms with Crippen LogP contribution in [0.1, 0.15) is 20.3 Å². The summed E-state index contributed by atoms with van der Waals surface area (Å²) in [7, 11) is 0. The summed E-state index contributed by atoms with van der Waals surface area (Å²) in [6.07, 6.45) is -0.360. The minimum Gasteiger partial charge on any atom is -0.453 e. The fraction of sp³-hybridized carbons (Fsp3) is 0.667. The molecule has 0 amide bonds. The van der Waals surface area contributed by atoms with E-state index in [2.05, 4.69) is 4.74 Å². The Morgan fingerprint density at radius 3 is 2.20 bits per heavy atom.